The fourth-order valence-corrected chi connectivity index (χ4v) is 3.04. The molecule has 1 fully saturated rings. The fraction of sp³-hybridized carbons (Fsp3) is 0.706. The maximum Gasteiger partial charge on any atom is 0.421 e. The number of aromatic nitrogens is 2. The quantitative estimate of drug-likeness (QED) is 0.686. The topological polar surface area (TPSA) is 75.4 Å². The van der Waals surface area contributed by atoms with E-state index in [2.05, 4.69) is 5.10 Å². The SMILES string of the molecule is CC(C)C[C@@H](Cn1nc(CCN2CC(F)C2)cc(C(F)(F)F)c1=O)C(=O)O. The molecular weight excluding hydrogens is 370 g/mol. The molecule has 27 heavy (non-hydrogen) atoms. The minimum atomic E-state index is -4.87. The molecule has 0 bridgehead atoms. The van der Waals surface area contributed by atoms with Crippen molar-refractivity contribution in [3.05, 3.63) is 27.7 Å². The van der Waals surface area contributed by atoms with Gasteiger partial charge in [0.15, 0.2) is 0 Å². The molecule has 1 aromatic rings. The van der Waals surface area contributed by atoms with Gasteiger partial charge >= 0.3 is 12.1 Å². The lowest BCUT2D eigenvalue weighted by Crippen LogP contribution is -2.49. The van der Waals surface area contributed by atoms with Crippen molar-refractivity contribution in [1.82, 2.24) is 14.7 Å². The van der Waals surface area contributed by atoms with Crippen LogP contribution < -0.4 is 5.56 Å². The molecule has 2 heterocycles. The van der Waals surface area contributed by atoms with Crippen molar-refractivity contribution in [1.29, 1.82) is 0 Å². The summed E-state index contributed by atoms with van der Waals surface area (Å²) in [6, 6.07) is 0.698. The minimum Gasteiger partial charge on any atom is -0.481 e. The number of aliphatic carboxylic acids is 1. The van der Waals surface area contributed by atoms with Crippen molar-refractivity contribution < 1.29 is 27.5 Å². The van der Waals surface area contributed by atoms with Crippen LogP contribution in [-0.4, -0.2) is 51.6 Å². The molecule has 152 valence electrons. The zero-order chi connectivity index (χ0) is 20.4. The molecule has 1 aromatic heterocycles. The van der Waals surface area contributed by atoms with Crippen LogP contribution in [0.15, 0.2) is 10.9 Å². The van der Waals surface area contributed by atoms with E-state index in [0.29, 0.717) is 17.3 Å². The van der Waals surface area contributed by atoms with Gasteiger partial charge in [-0.15, -0.1) is 0 Å². The van der Waals surface area contributed by atoms with Gasteiger partial charge in [0.25, 0.3) is 5.56 Å². The third-order valence-electron chi connectivity index (χ3n) is 4.43. The molecule has 1 atom stereocenters. The molecule has 0 aromatic carbocycles. The first-order chi connectivity index (χ1) is 12.5. The Kier molecular flexibility index (Phi) is 6.61. The van der Waals surface area contributed by atoms with Crippen LogP contribution >= 0.6 is 0 Å². The summed E-state index contributed by atoms with van der Waals surface area (Å²) in [6.45, 7) is 3.91. The van der Waals surface area contributed by atoms with E-state index in [-0.39, 0.29) is 37.5 Å². The summed E-state index contributed by atoms with van der Waals surface area (Å²) in [5, 5.41) is 13.3. The summed E-state index contributed by atoms with van der Waals surface area (Å²) >= 11 is 0. The Hall–Kier alpha value is -1.97. The van der Waals surface area contributed by atoms with E-state index < -0.39 is 41.9 Å². The predicted molar refractivity (Wildman–Crippen MR) is 89.1 cm³/mol. The lowest BCUT2D eigenvalue weighted by molar-refractivity contribution is -0.143. The van der Waals surface area contributed by atoms with Crippen molar-refractivity contribution in [2.45, 2.75) is 45.6 Å². The Morgan fingerprint density at radius 2 is 2.00 bits per heavy atom. The maximum atomic E-state index is 13.2. The number of hydrogen-bond acceptors (Lipinski definition) is 4. The number of carboxylic acid groups (broad SMARTS) is 1. The normalized spacial score (nSPS) is 17.1. The van der Waals surface area contributed by atoms with Crippen LogP contribution in [0.25, 0.3) is 0 Å². The van der Waals surface area contributed by atoms with Crippen LogP contribution in [-0.2, 0) is 23.9 Å². The highest BCUT2D eigenvalue weighted by molar-refractivity contribution is 5.69. The van der Waals surface area contributed by atoms with E-state index in [1.165, 1.54) is 0 Å². The van der Waals surface area contributed by atoms with Crippen LogP contribution in [0, 0.1) is 11.8 Å². The highest BCUT2D eigenvalue weighted by Crippen LogP contribution is 2.27. The standard InChI is InChI=1S/C17H23F4N3O3/c1-10(2)5-11(16(26)27)7-24-15(25)14(17(19,20)21)6-13(22-24)3-4-23-8-12(18)9-23/h6,10-12H,3-5,7-9H2,1-2H3,(H,26,27)/t11-/m0/s1. The number of carboxylic acids is 1. The van der Waals surface area contributed by atoms with Gasteiger partial charge in [0.05, 0.1) is 18.2 Å². The monoisotopic (exact) mass is 393 g/mol. The van der Waals surface area contributed by atoms with Gasteiger partial charge in [0, 0.05) is 26.1 Å². The van der Waals surface area contributed by atoms with Crippen molar-refractivity contribution in [3.8, 4) is 0 Å². The maximum absolute atomic E-state index is 13.2. The third-order valence-corrected chi connectivity index (χ3v) is 4.43. The molecular formula is C17H23F4N3O3. The minimum absolute atomic E-state index is 0.00728. The van der Waals surface area contributed by atoms with Crippen LogP contribution in [0.4, 0.5) is 17.6 Å². The Balaban J connectivity index is 2.29. The Morgan fingerprint density at radius 3 is 2.48 bits per heavy atom. The summed E-state index contributed by atoms with van der Waals surface area (Å²) in [6.07, 6.45) is -5.47. The molecule has 10 heteroatoms. The molecule has 0 unspecified atom stereocenters. The van der Waals surface area contributed by atoms with Crippen molar-refractivity contribution in [3.63, 3.8) is 0 Å². The third kappa shape index (κ3) is 5.75. The number of halogens is 4. The van der Waals surface area contributed by atoms with E-state index in [1.54, 1.807) is 18.7 Å². The van der Waals surface area contributed by atoms with Gasteiger partial charge in [-0.1, -0.05) is 13.8 Å². The van der Waals surface area contributed by atoms with Crippen LogP contribution in [0.2, 0.25) is 0 Å². The van der Waals surface area contributed by atoms with Gasteiger partial charge in [0.1, 0.15) is 11.7 Å². The second-order valence-corrected chi connectivity index (χ2v) is 7.31. The Labute approximate surface area is 153 Å². The molecule has 1 saturated heterocycles. The van der Waals surface area contributed by atoms with Crippen molar-refractivity contribution >= 4 is 5.97 Å². The summed E-state index contributed by atoms with van der Waals surface area (Å²) in [4.78, 5) is 25.3. The highest BCUT2D eigenvalue weighted by atomic mass is 19.4. The molecule has 2 rings (SSSR count). The van der Waals surface area contributed by atoms with E-state index in [1.807, 2.05) is 0 Å². The van der Waals surface area contributed by atoms with Gasteiger partial charge in [-0.3, -0.25) is 14.5 Å². The molecule has 0 saturated carbocycles. The number of carbonyl (C=O) groups is 1. The first-order valence-electron chi connectivity index (χ1n) is 8.74. The van der Waals surface area contributed by atoms with Gasteiger partial charge < -0.3 is 5.11 Å². The van der Waals surface area contributed by atoms with Gasteiger partial charge in [0.2, 0.25) is 0 Å². The van der Waals surface area contributed by atoms with Gasteiger partial charge in [-0.2, -0.15) is 18.3 Å². The first kappa shape index (κ1) is 21.3. The Morgan fingerprint density at radius 1 is 1.37 bits per heavy atom. The van der Waals surface area contributed by atoms with Gasteiger partial charge in [-0.05, 0) is 18.4 Å². The first-order valence-corrected chi connectivity index (χ1v) is 8.74. The lowest BCUT2D eigenvalue weighted by atomic mass is 9.97. The second kappa shape index (κ2) is 8.37. The molecule has 0 amide bonds. The number of alkyl halides is 4. The van der Waals surface area contributed by atoms with Crippen LogP contribution in [0.3, 0.4) is 0 Å². The van der Waals surface area contributed by atoms with Crippen molar-refractivity contribution in [2.24, 2.45) is 11.8 Å². The molecule has 6 nitrogen and oxygen atoms in total. The average molecular weight is 393 g/mol. The number of rotatable bonds is 8. The number of nitrogens with zero attached hydrogens (tertiary/aromatic N) is 3. The Bertz CT molecular complexity index is 727. The van der Waals surface area contributed by atoms with Crippen LogP contribution in [0.5, 0.6) is 0 Å². The largest absolute Gasteiger partial charge is 0.481 e. The molecule has 0 aliphatic carbocycles. The van der Waals surface area contributed by atoms with E-state index in [4.69, 9.17) is 0 Å². The van der Waals surface area contributed by atoms with E-state index >= 15 is 0 Å². The zero-order valence-electron chi connectivity index (χ0n) is 15.2. The molecule has 1 aliphatic heterocycles. The fourth-order valence-electron chi connectivity index (χ4n) is 3.04. The number of likely N-dealkylation sites (tertiary alicyclic amines) is 1. The average Bonchev–Trinajstić information content (AvgIpc) is 2.50. The van der Waals surface area contributed by atoms with Crippen molar-refractivity contribution in [2.75, 3.05) is 19.6 Å². The molecule has 0 spiro atoms. The molecule has 0 radical (unpaired) electrons. The zero-order valence-corrected chi connectivity index (χ0v) is 15.2. The summed E-state index contributed by atoms with van der Waals surface area (Å²) in [7, 11) is 0. The van der Waals surface area contributed by atoms with Crippen LogP contribution in [0.1, 0.15) is 31.5 Å². The highest BCUT2D eigenvalue weighted by Gasteiger charge is 2.36. The second-order valence-electron chi connectivity index (χ2n) is 7.31. The number of hydrogen-bond donors (Lipinski definition) is 1. The smallest absolute Gasteiger partial charge is 0.421 e. The summed E-state index contributed by atoms with van der Waals surface area (Å²) in [5.41, 5.74) is -2.69. The summed E-state index contributed by atoms with van der Waals surface area (Å²) < 4.78 is 53.1. The lowest BCUT2D eigenvalue weighted by Gasteiger charge is -2.34. The summed E-state index contributed by atoms with van der Waals surface area (Å²) in [5.74, 6) is -2.22. The molecule has 1 N–H and O–H groups in total. The van der Waals surface area contributed by atoms with E-state index in [0.717, 1.165) is 0 Å². The molecule has 1 aliphatic rings. The predicted octanol–water partition coefficient (Wildman–Crippen LogP) is 2.21. The van der Waals surface area contributed by atoms with Gasteiger partial charge in [-0.25, -0.2) is 9.07 Å². The van der Waals surface area contributed by atoms with E-state index in [9.17, 15) is 32.3 Å².